The van der Waals surface area contributed by atoms with Crippen molar-refractivity contribution >= 4 is 11.0 Å². The molecule has 3 aromatic rings. The van der Waals surface area contributed by atoms with Crippen molar-refractivity contribution in [2.75, 3.05) is 6.54 Å². The van der Waals surface area contributed by atoms with Crippen molar-refractivity contribution in [3.8, 4) is 0 Å². The van der Waals surface area contributed by atoms with E-state index < -0.39 is 0 Å². The van der Waals surface area contributed by atoms with Gasteiger partial charge in [0.1, 0.15) is 11.6 Å². The third-order valence-corrected chi connectivity index (χ3v) is 3.51. The minimum atomic E-state index is 0.787. The largest absolute Gasteiger partial charge is 0.468 e. The minimum Gasteiger partial charge on any atom is -0.468 e. The fourth-order valence-corrected chi connectivity index (χ4v) is 2.42. The molecule has 4 nitrogen and oxygen atoms in total. The molecule has 0 spiro atoms. The van der Waals surface area contributed by atoms with Crippen LogP contribution in [0.3, 0.4) is 0 Å². The van der Waals surface area contributed by atoms with Gasteiger partial charge in [0.05, 0.1) is 23.8 Å². The number of aryl methyl sites for hydroxylation is 2. The van der Waals surface area contributed by atoms with E-state index in [9.17, 15) is 0 Å². The second-order valence-electron chi connectivity index (χ2n) is 4.94. The quantitative estimate of drug-likeness (QED) is 0.700. The predicted octanol–water partition coefficient (Wildman–Crippen LogP) is 2.89. The average molecular weight is 269 g/mol. The van der Waals surface area contributed by atoms with Gasteiger partial charge in [-0.05, 0) is 37.2 Å². The Morgan fingerprint density at radius 1 is 1.20 bits per heavy atom. The third kappa shape index (κ3) is 2.75. The van der Waals surface area contributed by atoms with Gasteiger partial charge < -0.3 is 14.3 Å². The van der Waals surface area contributed by atoms with Crippen LogP contribution in [0.5, 0.6) is 0 Å². The summed E-state index contributed by atoms with van der Waals surface area (Å²) < 4.78 is 7.46. The van der Waals surface area contributed by atoms with Crippen molar-refractivity contribution in [3.05, 3.63) is 54.2 Å². The van der Waals surface area contributed by atoms with Gasteiger partial charge in [0.25, 0.3) is 0 Å². The Kier molecular flexibility index (Phi) is 3.83. The van der Waals surface area contributed by atoms with Crippen LogP contribution in [0.25, 0.3) is 11.0 Å². The van der Waals surface area contributed by atoms with Gasteiger partial charge in [-0.2, -0.15) is 0 Å². The van der Waals surface area contributed by atoms with E-state index >= 15 is 0 Å². The zero-order valence-corrected chi connectivity index (χ0v) is 11.7. The van der Waals surface area contributed by atoms with Crippen LogP contribution >= 0.6 is 0 Å². The van der Waals surface area contributed by atoms with Gasteiger partial charge in [0.2, 0.25) is 0 Å². The molecule has 0 atom stereocenters. The van der Waals surface area contributed by atoms with E-state index in [-0.39, 0.29) is 0 Å². The van der Waals surface area contributed by atoms with Crippen molar-refractivity contribution in [1.82, 2.24) is 14.9 Å². The molecule has 2 aromatic heterocycles. The Morgan fingerprint density at radius 2 is 2.10 bits per heavy atom. The first-order chi connectivity index (χ1) is 9.84. The Bertz CT molecular complexity index is 670. The molecule has 0 aliphatic heterocycles. The molecule has 0 amide bonds. The van der Waals surface area contributed by atoms with Crippen LogP contribution in [0, 0.1) is 0 Å². The average Bonchev–Trinajstić information content (AvgIpc) is 3.08. The van der Waals surface area contributed by atoms with Crippen LogP contribution < -0.4 is 5.32 Å². The van der Waals surface area contributed by atoms with E-state index in [4.69, 9.17) is 4.42 Å². The lowest BCUT2D eigenvalue weighted by molar-refractivity contribution is 0.480. The summed E-state index contributed by atoms with van der Waals surface area (Å²) in [4.78, 5) is 4.68. The summed E-state index contributed by atoms with van der Waals surface area (Å²) in [5, 5.41) is 3.38. The summed E-state index contributed by atoms with van der Waals surface area (Å²) in [5.41, 5.74) is 2.28. The molecule has 0 radical (unpaired) electrons. The maximum absolute atomic E-state index is 5.28. The van der Waals surface area contributed by atoms with Crippen molar-refractivity contribution in [3.63, 3.8) is 0 Å². The summed E-state index contributed by atoms with van der Waals surface area (Å²) in [6, 6.07) is 12.2. The zero-order chi connectivity index (χ0) is 13.8. The standard InChI is InChI=1S/C16H19N3O/c1-19-15-8-3-2-7-14(15)18-16(19)9-4-10-17-12-13-6-5-11-20-13/h2-3,5-8,11,17H,4,9-10,12H2,1H3. The highest BCUT2D eigenvalue weighted by Gasteiger charge is 2.06. The van der Waals surface area contributed by atoms with Crippen molar-refractivity contribution in [1.29, 1.82) is 0 Å². The molecule has 3 rings (SSSR count). The summed E-state index contributed by atoms with van der Waals surface area (Å²) in [7, 11) is 2.08. The number of para-hydroxylation sites is 2. The molecular weight excluding hydrogens is 250 g/mol. The van der Waals surface area contributed by atoms with Gasteiger partial charge in [-0.15, -0.1) is 0 Å². The normalized spacial score (nSPS) is 11.2. The maximum atomic E-state index is 5.28. The second-order valence-corrected chi connectivity index (χ2v) is 4.94. The topological polar surface area (TPSA) is 43.0 Å². The summed E-state index contributed by atoms with van der Waals surface area (Å²) in [6.07, 6.45) is 3.75. The smallest absolute Gasteiger partial charge is 0.117 e. The molecule has 1 N–H and O–H groups in total. The Balaban J connectivity index is 1.51. The number of hydrogen-bond acceptors (Lipinski definition) is 3. The van der Waals surface area contributed by atoms with Gasteiger partial charge in [-0.25, -0.2) is 4.98 Å². The van der Waals surface area contributed by atoms with Crippen LogP contribution in [-0.2, 0) is 20.0 Å². The number of hydrogen-bond donors (Lipinski definition) is 1. The van der Waals surface area contributed by atoms with Gasteiger partial charge in [0.15, 0.2) is 0 Å². The fourth-order valence-electron chi connectivity index (χ4n) is 2.42. The highest BCUT2D eigenvalue weighted by molar-refractivity contribution is 5.75. The van der Waals surface area contributed by atoms with E-state index in [1.807, 2.05) is 18.2 Å². The monoisotopic (exact) mass is 269 g/mol. The van der Waals surface area contributed by atoms with E-state index in [1.54, 1.807) is 6.26 Å². The minimum absolute atomic E-state index is 0.787. The first-order valence-electron chi connectivity index (χ1n) is 6.98. The fraction of sp³-hybridized carbons (Fsp3) is 0.312. The van der Waals surface area contributed by atoms with Crippen LogP contribution in [0.4, 0.5) is 0 Å². The summed E-state index contributed by atoms with van der Waals surface area (Å²) in [6.45, 7) is 1.75. The predicted molar refractivity (Wildman–Crippen MR) is 79.4 cm³/mol. The molecule has 2 heterocycles. The number of imidazole rings is 1. The van der Waals surface area contributed by atoms with Crippen LogP contribution in [0.2, 0.25) is 0 Å². The van der Waals surface area contributed by atoms with Crippen molar-refractivity contribution in [2.24, 2.45) is 7.05 Å². The third-order valence-electron chi connectivity index (χ3n) is 3.51. The van der Waals surface area contributed by atoms with Crippen molar-refractivity contribution < 1.29 is 4.42 Å². The number of nitrogens with zero attached hydrogens (tertiary/aromatic N) is 2. The van der Waals surface area contributed by atoms with Gasteiger partial charge in [-0.1, -0.05) is 12.1 Å². The molecule has 104 valence electrons. The highest BCUT2D eigenvalue weighted by atomic mass is 16.3. The van der Waals surface area contributed by atoms with Gasteiger partial charge in [0, 0.05) is 13.5 Å². The molecule has 0 saturated heterocycles. The number of benzene rings is 1. The lowest BCUT2D eigenvalue weighted by Gasteiger charge is -2.04. The number of aromatic nitrogens is 2. The van der Waals surface area contributed by atoms with Crippen LogP contribution in [-0.4, -0.2) is 16.1 Å². The lowest BCUT2D eigenvalue weighted by atomic mass is 10.3. The molecular formula is C16H19N3O. The number of nitrogens with one attached hydrogen (secondary N) is 1. The maximum Gasteiger partial charge on any atom is 0.117 e. The van der Waals surface area contributed by atoms with Crippen LogP contribution in [0.15, 0.2) is 47.1 Å². The molecule has 0 aliphatic carbocycles. The molecule has 1 aromatic carbocycles. The first-order valence-corrected chi connectivity index (χ1v) is 6.98. The molecule has 20 heavy (non-hydrogen) atoms. The SMILES string of the molecule is Cn1c(CCCNCc2ccco2)nc2ccccc21. The molecule has 0 unspecified atom stereocenters. The first kappa shape index (κ1) is 12.9. The van der Waals surface area contributed by atoms with Gasteiger partial charge >= 0.3 is 0 Å². The van der Waals surface area contributed by atoms with E-state index in [0.717, 1.165) is 43.0 Å². The Labute approximate surface area is 118 Å². The van der Waals surface area contributed by atoms with E-state index in [2.05, 4.69) is 40.1 Å². The zero-order valence-electron chi connectivity index (χ0n) is 11.7. The summed E-state index contributed by atoms with van der Waals surface area (Å²) >= 11 is 0. The number of furan rings is 1. The Morgan fingerprint density at radius 3 is 2.90 bits per heavy atom. The van der Waals surface area contributed by atoms with Crippen LogP contribution in [0.1, 0.15) is 18.0 Å². The lowest BCUT2D eigenvalue weighted by Crippen LogP contribution is -2.15. The highest BCUT2D eigenvalue weighted by Crippen LogP contribution is 2.15. The molecule has 0 aliphatic rings. The molecule has 0 saturated carbocycles. The van der Waals surface area contributed by atoms with Gasteiger partial charge in [-0.3, -0.25) is 0 Å². The second kappa shape index (κ2) is 5.92. The number of fused-ring (bicyclic) bond motifs is 1. The van der Waals surface area contributed by atoms with Crippen molar-refractivity contribution in [2.45, 2.75) is 19.4 Å². The van der Waals surface area contributed by atoms with E-state index in [1.165, 1.54) is 5.52 Å². The van der Waals surface area contributed by atoms with E-state index in [0.29, 0.717) is 0 Å². The Hall–Kier alpha value is -2.07. The molecule has 4 heteroatoms. The molecule has 0 fully saturated rings. The molecule has 0 bridgehead atoms. The summed E-state index contributed by atoms with van der Waals surface area (Å²) in [5.74, 6) is 2.12. The number of rotatable bonds is 6.